The molecule has 3 unspecified atom stereocenters. The molecule has 31 heavy (non-hydrogen) atoms. The number of carbonyl (C=O) groups is 3. The van der Waals surface area contributed by atoms with Gasteiger partial charge < -0.3 is 25.4 Å². The highest BCUT2D eigenvalue weighted by Crippen LogP contribution is 2.59. The molecule has 3 fully saturated rings. The number of hydrogen-bond acceptors (Lipinski definition) is 5. The second-order valence-electron chi connectivity index (χ2n) is 8.92. The number of ether oxygens (including phenoxy) is 1. The van der Waals surface area contributed by atoms with E-state index < -0.39 is 29.6 Å². The predicted octanol–water partition coefficient (Wildman–Crippen LogP) is 1.34. The normalized spacial score (nSPS) is 33.6. The number of carbonyl (C=O) groups excluding carboxylic acids is 3. The SMILES string of the molecule is CCCCNC(=O)C1N(CCCCCO)C(=O)[C@@H]2[C@@H](C(=O)NCCC)[C@@H]3OC12CC3Br. The number of alkyl halides is 1. The predicted molar refractivity (Wildman–Crippen MR) is 120 cm³/mol. The number of unbranched alkanes of at least 4 members (excludes halogenated alkanes) is 3. The monoisotopic (exact) mass is 501 g/mol. The Hall–Kier alpha value is -1.19. The van der Waals surface area contributed by atoms with Crippen molar-refractivity contribution >= 4 is 33.7 Å². The number of amides is 3. The number of halogens is 1. The van der Waals surface area contributed by atoms with E-state index in [1.54, 1.807) is 4.90 Å². The van der Waals surface area contributed by atoms with Crippen LogP contribution in [0.15, 0.2) is 0 Å². The van der Waals surface area contributed by atoms with Crippen LogP contribution in [0, 0.1) is 11.8 Å². The summed E-state index contributed by atoms with van der Waals surface area (Å²) in [7, 11) is 0. The van der Waals surface area contributed by atoms with Crippen LogP contribution in [-0.4, -0.2) is 76.5 Å². The lowest BCUT2D eigenvalue weighted by molar-refractivity contribution is -0.142. The van der Waals surface area contributed by atoms with Gasteiger partial charge in [0.2, 0.25) is 17.7 Å². The van der Waals surface area contributed by atoms with E-state index in [9.17, 15) is 14.4 Å². The smallest absolute Gasteiger partial charge is 0.245 e. The number of nitrogens with one attached hydrogen (secondary N) is 2. The molecule has 0 aliphatic carbocycles. The molecule has 3 saturated heterocycles. The molecule has 3 heterocycles. The Labute approximate surface area is 193 Å². The minimum atomic E-state index is -0.975. The van der Waals surface area contributed by atoms with Crippen molar-refractivity contribution in [1.82, 2.24) is 15.5 Å². The molecule has 176 valence electrons. The zero-order valence-electron chi connectivity index (χ0n) is 18.6. The molecule has 2 bridgehead atoms. The van der Waals surface area contributed by atoms with Gasteiger partial charge >= 0.3 is 0 Å². The minimum absolute atomic E-state index is 0.0748. The van der Waals surface area contributed by atoms with Crippen molar-refractivity contribution in [1.29, 1.82) is 0 Å². The van der Waals surface area contributed by atoms with Gasteiger partial charge in [0.05, 0.1) is 17.9 Å². The Morgan fingerprint density at radius 3 is 2.55 bits per heavy atom. The molecule has 0 aromatic heterocycles. The van der Waals surface area contributed by atoms with Gasteiger partial charge in [-0.3, -0.25) is 14.4 Å². The Morgan fingerprint density at radius 2 is 1.87 bits per heavy atom. The molecule has 0 saturated carbocycles. The molecular formula is C22H36BrN3O5. The summed E-state index contributed by atoms with van der Waals surface area (Å²) < 4.78 is 6.41. The van der Waals surface area contributed by atoms with Gasteiger partial charge in [-0.25, -0.2) is 0 Å². The zero-order chi connectivity index (χ0) is 22.6. The van der Waals surface area contributed by atoms with Crippen LogP contribution in [0.4, 0.5) is 0 Å². The molecule has 6 atom stereocenters. The first kappa shape index (κ1) is 24.5. The van der Waals surface area contributed by atoms with Crippen LogP contribution in [0.25, 0.3) is 0 Å². The van der Waals surface area contributed by atoms with Gasteiger partial charge in [-0.05, 0) is 38.5 Å². The highest BCUT2D eigenvalue weighted by Gasteiger charge is 2.76. The van der Waals surface area contributed by atoms with Crippen molar-refractivity contribution in [3.8, 4) is 0 Å². The van der Waals surface area contributed by atoms with Crippen LogP contribution in [0.5, 0.6) is 0 Å². The van der Waals surface area contributed by atoms with E-state index in [4.69, 9.17) is 9.84 Å². The second kappa shape index (κ2) is 10.6. The van der Waals surface area contributed by atoms with Crippen molar-refractivity contribution in [3.05, 3.63) is 0 Å². The summed E-state index contributed by atoms with van der Waals surface area (Å²) in [5.74, 6) is -1.74. The molecule has 3 rings (SSSR count). The van der Waals surface area contributed by atoms with Crippen molar-refractivity contribution in [2.75, 3.05) is 26.2 Å². The van der Waals surface area contributed by atoms with E-state index in [-0.39, 0.29) is 29.2 Å². The molecule has 3 N–H and O–H groups in total. The fraction of sp³-hybridized carbons (Fsp3) is 0.864. The first-order valence-corrected chi connectivity index (χ1v) is 12.6. The van der Waals surface area contributed by atoms with Crippen LogP contribution in [-0.2, 0) is 19.1 Å². The summed E-state index contributed by atoms with van der Waals surface area (Å²) in [4.78, 5) is 41.5. The second-order valence-corrected chi connectivity index (χ2v) is 10.1. The molecular weight excluding hydrogens is 466 g/mol. The van der Waals surface area contributed by atoms with Crippen molar-refractivity contribution in [2.24, 2.45) is 11.8 Å². The third kappa shape index (κ3) is 4.50. The molecule has 8 nitrogen and oxygen atoms in total. The van der Waals surface area contributed by atoms with Gasteiger partial charge in [-0.15, -0.1) is 0 Å². The Morgan fingerprint density at radius 1 is 1.13 bits per heavy atom. The van der Waals surface area contributed by atoms with Gasteiger partial charge in [0.25, 0.3) is 0 Å². The van der Waals surface area contributed by atoms with Crippen molar-refractivity contribution in [3.63, 3.8) is 0 Å². The summed E-state index contributed by atoms with van der Waals surface area (Å²) in [6, 6.07) is -0.731. The third-order valence-corrected chi connectivity index (χ3v) is 7.62. The topological polar surface area (TPSA) is 108 Å². The summed E-state index contributed by atoms with van der Waals surface area (Å²) in [6.45, 7) is 5.68. The highest BCUT2D eigenvalue weighted by atomic mass is 79.9. The van der Waals surface area contributed by atoms with Gasteiger partial charge in [0.15, 0.2) is 0 Å². The Kier molecular flexibility index (Phi) is 8.37. The highest BCUT2D eigenvalue weighted by molar-refractivity contribution is 9.09. The first-order valence-electron chi connectivity index (χ1n) is 11.7. The maximum absolute atomic E-state index is 13.6. The van der Waals surface area contributed by atoms with E-state index in [1.807, 2.05) is 6.92 Å². The third-order valence-electron chi connectivity index (χ3n) is 6.78. The number of likely N-dealkylation sites (tertiary alicyclic amines) is 1. The van der Waals surface area contributed by atoms with E-state index in [1.165, 1.54) is 0 Å². The maximum Gasteiger partial charge on any atom is 0.245 e. The van der Waals surface area contributed by atoms with Gasteiger partial charge in [0, 0.05) is 31.1 Å². The van der Waals surface area contributed by atoms with Crippen LogP contribution < -0.4 is 10.6 Å². The molecule has 0 aromatic rings. The van der Waals surface area contributed by atoms with Crippen LogP contribution in [0.1, 0.15) is 58.8 Å². The summed E-state index contributed by atoms with van der Waals surface area (Å²) >= 11 is 3.66. The van der Waals surface area contributed by atoms with E-state index in [0.29, 0.717) is 38.9 Å². The molecule has 3 aliphatic rings. The molecule has 0 radical (unpaired) electrons. The Bertz CT molecular complexity index is 678. The summed E-state index contributed by atoms with van der Waals surface area (Å²) in [5, 5.41) is 15.0. The average molecular weight is 502 g/mol. The number of hydrogen-bond donors (Lipinski definition) is 3. The number of nitrogens with zero attached hydrogens (tertiary/aromatic N) is 1. The quantitative estimate of drug-likeness (QED) is 0.276. The summed E-state index contributed by atoms with van der Waals surface area (Å²) in [6.07, 6.45) is 4.89. The van der Waals surface area contributed by atoms with Gasteiger partial charge in [-0.2, -0.15) is 0 Å². The zero-order valence-corrected chi connectivity index (χ0v) is 20.2. The van der Waals surface area contributed by atoms with E-state index in [2.05, 4.69) is 33.5 Å². The lowest BCUT2D eigenvalue weighted by Crippen LogP contribution is -2.56. The lowest BCUT2D eigenvalue weighted by atomic mass is 9.70. The molecule has 0 aromatic carbocycles. The van der Waals surface area contributed by atoms with Crippen molar-refractivity contribution in [2.45, 2.75) is 81.4 Å². The maximum atomic E-state index is 13.6. The number of rotatable bonds is 12. The minimum Gasteiger partial charge on any atom is -0.396 e. The standard InChI is InChI=1S/C22H36BrN3O5/c1-3-5-10-25-20(29)18-22-13-14(23)17(31-22)15(19(28)24-9-4-2)16(22)21(30)26(18)11-7-6-8-12-27/h14-18,27H,3-13H2,1-2H3,(H,24,28)(H,25,29)/t14?,15-,16+,17-,18?,22?/m1/s1. The fourth-order valence-electron chi connectivity index (χ4n) is 5.39. The largest absolute Gasteiger partial charge is 0.396 e. The molecule has 3 amide bonds. The molecule has 9 heteroatoms. The average Bonchev–Trinajstić information content (AvgIpc) is 3.33. The summed E-state index contributed by atoms with van der Waals surface area (Å²) in [5.41, 5.74) is -0.975. The first-order chi connectivity index (χ1) is 14.9. The molecule has 3 aliphatic heterocycles. The van der Waals surface area contributed by atoms with E-state index in [0.717, 1.165) is 25.7 Å². The van der Waals surface area contributed by atoms with Crippen LogP contribution in [0.2, 0.25) is 0 Å². The Balaban J connectivity index is 1.88. The number of aliphatic hydroxyl groups is 1. The van der Waals surface area contributed by atoms with Crippen molar-refractivity contribution < 1.29 is 24.2 Å². The van der Waals surface area contributed by atoms with Gasteiger partial charge in [-0.1, -0.05) is 36.2 Å². The lowest BCUT2D eigenvalue weighted by Gasteiger charge is -2.34. The number of fused-ring (bicyclic) bond motifs is 1. The number of aliphatic hydroxyl groups excluding tert-OH is 1. The van der Waals surface area contributed by atoms with Crippen LogP contribution in [0.3, 0.4) is 0 Å². The molecule has 1 spiro atoms. The van der Waals surface area contributed by atoms with Crippen LogP contribution >= 0.6 is 15.9 Å². The fourth-order valence-corrected chi connectivity index (χ4v) is 6.33. The van der Waals surface area contributed by atoms with E-state index >= 15 is 0 Å². The van der Waals surface area contributed by atoms with Gasteiger partial charge in [0.1, 0.15) is 11.6 Å².